The minimum atomic E-state index is -1.47. The molecule has 0 fully saturated rings. The zero-order valence-corrected chi connectivity index (χ0v) is 12.8. The van der Waals surface area contributed by atoms with Crippen LogP contribution in [0.4, 0.5) is 11.4 Å². The van der Waals surface area contributed by atoms with Crippen molar-refractivity contribution in [3.05, 3.63) is 54.1 Å². The van der Waals surface area contributed by atoms with E-state index in [2.05, 4.69) is 10.6 Å². The van der Waals surface area contributed by atoms with Crippen LogP contribution in [0.2, 0.25) is 0 Å². The molecule has 0 spiro atoms. The van der Waals surface area contributed by atoms with Crippen molar-refractivity contribution in [3.63, 3.8) is 0 Å². The van der Waals surface area contributed by atoms with Crippen molar-refractivity contribution in [2.45, 2.75) is 13.2 Å². The zero-order chi connectivity index (χ0) is 16.7. The standard InChI is InChI=1S/C17H20N2O4/c1-12(20)19-15-4-2-3-14(11-15)18-9-10-23-16-7-5-13(6-8-16)17(21)22/h2-8,11,17-18,21-22H,9-10H2,1H3,(H,19,20). The van der Waals surface area contributed by atoms with Crippen LogP contribution in [0.15, 0.2) is 48.5 Å². The zero-order valence-electron chi connectivity index (χ0n) is 12.8. The first kappa shape index (κ1) is 16.8. The molecule has 23 heavy (non-hydrogen) atoms. The highest BCUT2D eigenvalue weighted by atomic mass is 16.5. The number of nitrogens with one attached hydrogen (secondary N) is 2. The van der Waals surface area contributed by atoms with E-state index in [1.807, 2.05) is 24.3 Å². The summed E-state index contributed by atoms with van der Waals surface area (Å²) >= 11 is 0. The Hall–Kier alpha value is -2.57. The minimum Gasteiger partial charge on any atom is -0.492 e. The van der Waals surface area contributed by atoms with Gasteiger partial charge in [0.25, 0.3) is 0 Å². The molecule has 2 aromatic rings. The third-order valence-corrected chi connectivity index (χ3v) is 3.06. The molecule has 0 aliphatic rings. The summed E-state index contributed by atoms with van der Waals surface area (Å²) in [4.78, 5) is 11.0. The van der Waals surface area contributed by atoms with Gasteiger partial charge in [0, 0.05) is 30.4 Å². The van der Waals surface area contributed by atoms with Crippen LogP contribution < -0.4 is 15.4 Å². The molecule has 0 saturated heterocycles. The molecule has 0 heterocycles. The highest BCUT2D eigenvalue weighted by molar-refractivity contribution is 5.89. The molecule has 0 aliphatic carbocycles. The fourth-order valence-corrected chi connectivity index (χ4v) is 2.01. The van der Waals surface area contributed by atoms with E-state index in [1.165, 1.54) is 6.92 Å². The molecule has 122 valence electrons. The molecule has 2 aromatic carbocycles. The number of carbonyl (C=O) groups excluding carboxylic acids is 1. The molecule has 0 bridgehead atoms. The molecule has 2 rings (SSSR count). The van der Waals surface area contributed by atoms with Gasteiger partial charge < -0.3 is 25.6 Å². The molecule has 0 aliphatic heterocycles. The first-order valence-corrected chi connectivity index (χ1v) is 7.25. The Balaban J connectivity index is 1.77. The smallest absolute Gasteiger partial charge is 0.221 e. The Kier molecular flexibility index (Phi) is 5.96. The van der Waals surface area contributed by atoms with Crippen molar-refractivity contribution >= 4 is 17.3 Å². The predicted octanol–water partition coefficient (Wildman–Crippen LogP) is 2.12. The first-order valence-electron chi connectivity index (χ1n) is 7.25. The van der Waals surface area contributed by atoms with Gasteiger partial charge in [0.05, 0.1) is 0 Å². The van der Waals surface area contributed by atoms with Crippen LogP contribution in [0, 0.1) is 0 Å². The second-order valence-corrected chi connectivity index (χ2v) is 4.98. The van der Waals surface area contributed by atoms with Crippen LogP contribution in [0.3, 0.4) is 0 Å². The highest BCUT2D eigenvalue weighted by Gasteiger charge is 2.02. The van der Waals surface area contributed by atoms with E-state index in [0.717, 1.165) is 11.4 Å². The van der Waals surface area contributed by atoms with Crippen molar-refractivity contribution in [1.82, 2.24) is 0 Å². The first-order chi connectivity index (χ1) is 11.0. The van der Waals surface area contributed by atoms with E-state index in [9.17, 15) is 4.79 Å². The molecule has 0 radical (unpaired) electrons. The third-order valence-electron chi connectivity index (χ3n) is 3.06. The Bertz CT molecular complexity index is 641. The SMILES string of the molecule is CC(=O)Nc1cccc(NCCOc2ccc(C(O)O)cc2)c1. The van der Waals surface area contributed by atoms with Crippen molar-refractivity contribution in [3.8, 4) is 5.75 Å². The predicted molar refractivity (Wildman–Crippen MR) is 88.4 cm³/mol. The summed E-state index contributed by atoms with van der Waals surface area (Å²) in [6.45, 7) is 2.51. The average Bonchev–Trinajstić information content (AvgIpc) is 2.52. The van der Waals surface area contributed by atoms with Gasteiger partial charge in [0.15, 0.2) is 6.29 Å². The monoisotopic (exact) mass is 316 g/mol. The highest BCUT2D eigenvalue weighted by Crippen LogP contribution is 2.17. The van der Waals surface area contributed by atoms with Crippen LogP contribution >= 0.6 is 0 Å². The van der Waals surface area contributed by atoms with Gasteiger partial charge in [-0.1, -0.05) is 18.2 Å². The number of ether oxygens (including phenoxy) is 1. The molecule has 0 atom stereocenters. The van der Waals surface area contributed by atoms with E-state index in [1.54, 1.807) is 24.3 Å². The van der Waals surface area contributed by atoms with Crippen molar-refractivity contribution in [2.24, 2.45) is 0 Å². The van der Waals surface area contributed by atoms with Gasteiger partial charge in [-0.15, -0.1) is 0 Å². The molecular formula is C17H20N2O4. The van der Waals surface area contributed by atoms with E-state index in [4.69, 9.17) is 14.9 Å². The molecule has 1 amide bonds. The molecule has 0 saturated carbocycles. The number of anilines is 2. The van der Waals surface area contributed by atoms with Gasteiger partial charge in [-0.05, 0) is 30.3 Å². The molecule has 0 unspecified atom stereocenters. The van der Waals surface area contributed by atoms with E-state index < -0.39 is 6.29 Å². The van der Waals surface area contributed by atoms with Crippen LogP contribution in [-0.2, 0) is 4.79 Å². The van der Waals surface area contributed by atoms with Crippen molar-refractivity contribution < 1.29 is 19.7 Å². The summed E-state index contributed by atoms with van der Waals surface area (Å²) in [6.07, 6.45) is -1.47. The van der Waals surface area contributed by atoms with Gasteiger partial charge in [0.2, 0.25) is 5.91 Å². The minimum absolute atomic E-state index is 0.109. The Labute approximate surface area is 134 Å². The third kappa shape index (κ3) is 5.61. The summed E-state index contributed by atoms with van der Waals surface area (Å²) in [7, 11) is 0. The number of rotatable bonds is 7. The Morgan fingerprint density at radius 1 is 1.13 bits per heavy atom. The molecule has 0 aromatic heterocycles. The summed E-state index contributed by atoms with van der Waals surface area (Å²) in [5.41, 5.74) is 2.05. The Morgan fingerprint density at radius 3 is 2.48 bits per heavy atom. The second kappa shape index (κ2) is 8.17. The van der Waals surface area contributed by atoms with Crippen LogP contribution in [-0.4, -0.2) is 29.3 Å². The summed E-state index contributed by atoms with van der Waals surface area (Å²) in [5.74, 6) is 0.546. The van der Waals surface area contributed by atoms with E-state index in [-0.39, 0.29) is 5.91 Å². The number of hydrogen-bond acceptors (Lipinski definition) is 5. The number of carbonyl (C=O) groups is 1. The summed E-state index contributed by atoms with van der Waals surface area (Å²) < 4.78 is 5.56. The summed E-state index contributed by atoms with van der Waals surface area (Å²) in [6, 6.07) is 14.0. The topological polar surface area (TPSA) is 90.8 Å². The number of amides is 1. The number of hydrogen-bond donors (Lipinski definition) is 4. The molecular weight excluding hydrogens is 296 g/mol. The van der Waals surface area contributed by atoms with Crippen LogP contribution in [0.25, 0.3) is 0 Å². The number of aliphatic hydroxyl groups is 2. The van der Waals surface area contributed by atoms with Gasteiger partial charge in [-0.2, -0.15) is 0 Å². The van der Waals surface area contributed by atoms with Gasteiger partial charge in [0.1, 0.15) is 12.4 Å². The van der Waals surface area contributed by atoms with Crippen molar-refractivity contribution in [2.75, 3.05) is 23.8 Å². The lowest BCUT2D eigenvalue weighted by Crippen LogP contribution is -2.12. The lowest BCUT2D eigenvalue weighted by molar-refractivity contribution is -0.114. The van der Waals surface area contributed by atoms with Gasteiger partial charge in [-0.25, -0.2) is 0 Å². The largest absolute Gasteiger partial charge is 0.492 e. The van der Waals surface area contributed by atoms with Gasteiger partial charge >= 0.3 is 0 Å². The van der Waals surface area contributed by atoms with E-state index in [0.29, 0.717) is 24.5 Å². The van der Waals surface area contributed by atoms with Crippen LogP contribution in [0.5, 0.6) is 5.75 Å². The Morgan fingerprint density at radius 2 is 1.83 bits per heavy atom. The molecule has 6 nitrogen and oxygen atoms in total. The number of aliphatic hydroxyl groups excluding tert-OH is 1. The summed E-state index contributed by atoms with van der Waals surface area (Å²) in [5, 5.41) is 23.9. The normalized spacial score (nSPS) is 10.4. The quantitative estimate of drug-likeness (QED) is 0.464. The maximum absolute atomic E-state index is 11.0. The fourth-order valence-electron chi connectivity index (χ4n) is 2.01. The average molecular weight is 316 g/mol. The fraction of sp³-hybridized carbons (Fsp3) is 0.235. The van der Waals surface area contributed by atoms with E-state index >= 15 is 0 Å². The maximum Gasteiger partial charge on any atom is 0.221 e. The lowest BCUT2D eigenvalue weighted by Gasteiger charge is -2.11. The maximum atomic E-state index is 11.0. The van der Waals surface area contributed by atoms with Gasteiger partial charge in [-0.3, -0.25) is 4.79 Å². The van der Waals surface area contributed by atoms with Crippen molar-refractivity contribution in [1.29, 1.82) is 0 Å². The lowest BCUT2D eigenvalue weighted by atomic mass is 10.2. The van der Waals surface area contributed by atoms with Crippen LogP contribution in [0.1, 0.15) is 18.8 Å². The molecule has 4 N–H and O–H groups in total. The second-order valence-electron chi connectivity index (χ2n) is 4.98. The number of benzene rings is 2. The molecule has 6 heteroatoms.